The second-order valence-corrected chi connectivity index (χ2v) is 5.33. The molecule has 0 aliphatic heterocycles. The first-order valence-electron chi connectivity index (χ1n) is 7.88. The van der Waals surface area contributed by atoms with E-state index in [2.05, 4.69) is 55.6 Å². The minimum absolute atomic E-state index is 0.0843. The van der Waals surface area contributed by atoms with E-state index in [4.69, 9.17) is 5.73 Å². The minimum Gasteiger partial charge on any atom is -0.324 e. The Morgan fingerprint density at radius 2 is 2.14 bits per heavy atom. The van der Waals surface area contributed by atoms with Gasteiger partial charge in [0, 0.05) is 12.6 Å². The van der Waals surface area contributed by atoms with E-state index < -0.39 is 0 Å². The van der Waals surface area contributed by atoms with Crippen LogP contribution in [0, 0.1) is 0 Å². The summed E-state index contributed by atoms with van der Waals surface area (Å²) in [6.45, 7) is 8.81. The molecule has 1 aromatic rings. The lowest BCUT2D eigenvalue weighted by molar-refractivity contribution is 0.592. The maximum absolute atomic E-state index is 6.31. The minimum atomic E-state index is 0.0843. The van der Waals surface area contributed by atoms with E-state index >= 15 is 0 Å². The number of rotatable bonds is 9. The highest BCUT2D eigenvalue weighted by molar-refractivity contribution is 5.66. The van der Waals surface area contributed by atoms with Gasteiger partial charge in [-0.15, -0.1) is 0 Å². The fourth-order valence-electron chi connectivity index (χ4n) is 2.33. The second-order valence-electron chi connectivity index (χ2n) is 5.33. The van der Waals surface area contributed by atoms with E-state index in [-0.39, 0.29) is 6.04 Å². The molecule has 0 aliphatic rings. The number of benzene rings is 1. The average Bonchev–Trinajstić information content (AvgIpc) is 2.54. The van der Waals surface area contributed by atoms with Crippen molar-refractivity contribution in [2.24, 2.45) is 5.73 Å². The van der Waals surface area contributed by atoms with Crippen LogP contribution in [0.1, 0.15) is 43.0 Å². The summed E-state index contributed by atoms with van der Waals surface area (Å²) in [5.41, 5.74) is 17.4. The molecule has 0 fully saturated rings. The van der Waals surface area contributed by atoms with E-state index in [9.17, 15) is 0 Å². The van der Waals surface area contributed by atoms with Crippen molar-refractivity contribution in [3.05, 3.63) is 65.8 Å². The quantitative estimate of drug-likeness (QED) is 0.371. The summed E-state index contributed by atoms with van der Waals surface area (Å²) in [5.74, 6) is 0. The zero-order valence-corrected chi connectivity index (χ0v) is 14.0. The molecule has 0 saturated carbocycles. The van der Waals surface area contributed by atoms with Crippen LogP contribution in [0.2, 0.25) is 0 Å². The third-order valence-electron chi connectivity index (χ3n) is 3.73. The van der Waals surface area contributed by atoms with Crippen LogP contribution in [0.3, 0.4) is 0 Å². The molecule has 0 heterocycles. The smallest absolute Gasteiger partial charge is 0.0295 e. The molecule has 0 amide bonds. The van der Waals surface area contributed by atoms with Crippen LogP contribution in [0.15, 0.2) is 49.1 Å². The van der Waals surface area contributed by atoms with Gasteiger partial charge in [0.05, 0.1) is 0 Å². The highest BCUT2D eigenvalue weighted by Gasteiger charge is 2.11. The topological polar surface area (TPSA) is 50.1 Å². The predicted octanol–water partition coefficient (Wildman–Crippen LogP) is 3.51. The molecule has 0 radical (unpaired) electrons. The summed E-state index contributed by atoms with van der Waals surface area (Å²) in [4.78, 5) is 0. The normalized spacial score (nSPS) is 13.5. The Kier molecular flexibility index (Phi) is 8.44. The Hall–Kier alpha value is -1.68. The largest absolute Gasteiger partial charge is 0.324 e. The first kappa shape index (κ1) is 18.4. The Balaban J connectivity index is 3.05. The fraction of sp³-hybridized carbons (Fsp3) is 0.368. The van der Waals surface area contributed by atoms with Gasteiger partial charge in [-0.1, -0.05) is 49.9 Å². The summed E-state index contributed by atoms with van der Waals surface area (Å²) >= 11 is 0. The first-order valence-corrected chi connectivity index (χ1v) is 7.88. The van der Waals surface area contributed by atoms with Crippen LogP contribution in [-0.4, -0.2) is 13.6 Å². The van der Waals surface area contributed by atoms with Gasteiger partial charge in [0.25, 0.3) is 0 Å². The van der Waals surface area contributed by atoms with Gasteiger partial charge in [0.1, 0.15) is 0 Å². The Morgan fingerprint density at radius 1 is 1.36 bits per heavy atom. The van der Waals surface area contributed by atoms with E-state index in [1.54, 1.807) is 6.08 Å². The molecular weight excluding hydrogens is 270 g/mol. The van der Waals surface area contributed by atoms with Crippen LogP contribution >= 0.6 is 0 Å². The molecule has 1 atom stereocenters. The highest BCUT2D eigenvalue weighted by atomic mass is 15.3. The SMILES string of the molecule is C=C/C=C\C=C(/C)c1ccc(CCNNC)c(C(N)CC)c1. The van der Waals surface area contributed by atoms with Crippen molar-refractivity contribution in [2.75, 3.05) is 13.6 Å². The van der Waals surface area contributed by atoms with Gasteiger partial charge in [-0.05, 0) is 55.1 Å². The zero-order chi connectivity index (χ0) is 16.4. The molecule has 22 heavy (non-hydrogen) atoms. The van der Waals surface area contributed by atoms with E-state index in [1.807, 2.05) is 19.2 Å². The summed E-state index contributed by atoms with van der Waals surface area (Å²) in [6.07, 6.45) is 9.71. The van der Waals surface area contributed by atoms with Crippen molar-refractivity contribution in [1.82, 2.24) is 10.9 Å². The summed E-state index contributed by atoms with van der Waals surface area (Å²) < 4.78 is 0. The van der Waals surface area contributed by atoms with E-state index in [0.29, 0.717) is 0 Å². The van der Waals surface area contributed by atoms with Crippen molar-refractivity contribution >= 4 is 5.57 Å². The van der Waals surface area contributed by atoms with Crippen molar-refractivity contribution in [1.29, 1.82) is 0 Å². The van der Waals surface area contributed by atoms with Gasteiger partial charge in [-0.2, -0.15) is 0 Å². The van der Waals surface area contributed by atoms with E-state index in [0.717, 1.165) is 19.4 Å². The highest BCUT2D eigenvalue weighted by Crippen LogP contribution is 2.24. The van der Waals surface area contributed by atoms with Gasteiger partial charge in [-0.25, -0.2) is 0 Å². The molecule has 0 aliphatic carbocycles. The molecule has 4 N–H and O–H groups in total. The summed E-state index contributed by atoms with van der Waals surface area (Å²) in [6, 6.07) is 6.69. The number of hydrogen-bond donors (Lipinski definition) is 3. The second kappa shape index (κ2) is 10.1. The molecular formula is C19H29N3. The van der Waals surface area contributed by atoms with Crippen LogP contribution in [0.4, 0.5) is 0 Å². The van der Waals surface area contributed by atoms with Gasteiger partial charge < -0.3 is 5.73 Å². The van der Waals surface area contributed by atoms with Crippen molar-refractivity contribution in [3.63, 3.8) is 0 Å². The van der Waals surface area contributed by atoms with Gasteiger partial charge in [0.2, 0.25) is 0 Å². The predicted molar refractivity (Wildman–Crippen MR) is 97.4 cm³/mol. The van der Waals surface area contributed by atoms with Crippen LogP contribution < -0.4 is 16.6 Å². The summed E-state index contributed by atoms with van der Waals surface area (Å²) in [5, 5.41) is 0. The maximum Gasteiger partial charge on any atom is 0.0295 e. The Bertz CT molecular complexity index is 529. The number of allylic oxidation sites excluding steroid dienone is 5. The number of nitrogens with one attached hydrogen (secondary N) is 2. The zero-order valence-electron chi connectivity index (χ0n) is 14.0. The molecule has 1 unspecified atom stereocenters. The third kappa shape index (κ3) is 5.60. The van der Waals surface area contributed by atoms with Crippen molar-refractivity contribution in [2.45, 2.75) is 32.7 Å². The van der Waals surface area contributed by atoms with Crippen molar-refractivity contribution < 1.29 is 0 Å². The monoisotopic (exact) mass is 299 g/mol. The third-order valence-corrected chi connectivity index (χ3v) is 3.73. The van der Waals surface area contributed by atoms with Gasteiger partial charge in [0.15, 0.2) is 0 Å². The van der Waals surface area contributed by atoms with Crippen molar-refractivity contribution in [3.8, 4) is 0 Å². The average molecular weight is 299 g/mol. The maximum atomic E-state index is 6.31. The molecule has 1 rings (SSSR count). The standard InChI is InChI=1S/C19H29N3/c1-5-7-8-9-15(3)17-11-10-16(12-13-22-21-4)18(14-17)19(20)6-2/h5,7-11,14,19,21-22H,1,6,12-13,20H2,2-4H3/b8-7-,15-9+. The van der Waals surface area contributed by atoms with Gasteiger partial charge >= 0.3 is 0 Å². The molecule has 3 nitrogen and oxygen atoms in total. The van der Waals surface area contributed by atoms with Crippen LogP contribution in [0.25, 0.3) is 5.57 Å². The molecule has 0 saturated heterocycles. The molecule has 0 bridgehead atoms. The number of nitrogens with two attached hydrogens (primary N) is 1. The Labute approximate surface area is 135 Å². The summed E-state index contributed by atoms with van der Waals surface area (Å²) in [7, 11) is 1.88. The number of hydrazine groups is 1. The van der Waals surface area contributed by atoms with Gasteiger partial charge in [-0.3, -0.25) is 10.9 Å². The molecule has 0 spiro atoms. The lowest BCUT2D eigenvalue weighted by Gasteiger charge is -2.17. The molecule has 120 valence electrons. The molecule has 1 aromatic carbocycles. The lowest BCUT2D eigenvalue weighted by Crippen LogP contribution is -2.29. The van der Waals surface area contributed by atoms with Crippen LogP contribution in [-0.2, 0) is 6.42 Å². The van der Waals surface area contributed by atoms with Crippen LogP contribution in [0.5, 0.6) is 0 Å². The van der Waals surface area contributed by atoms with E-state index in [1.165, 1.54) is 22.3 Å². The molecule has 0 aromatic heterocycles. The first-order chi connectivity index (χ1) is 10.6. The molecule has 3 heteroatoms. The lowest BCUT2D eigenvalue weighted by atomic mass is 9.93. The fourth-order valence-corrected chi connectivity index (χ4v) is 2.33. The Morgan fingerprint density at radius 3 is 2.77 bits per heavy atom. The number of hydrogen-bond acceptors (Lipinski definition) is 3.